The average molecular weight is 298 g/mol. The van der Waals surface area contributed by atoms with Gasteiger partial charge in [-0.3, -0.25) is 0 Å². The molecule has 3 aromatic heterocycles. The Balaban J connectivity index is 2.02. The smallest absolute Gasteiger partial charge is 0.123 e. The summed E-state index contributed by atoms with van der Waals surface area (Å²) in [5.74, 6) is 0.530. The summed E-state index contributed by atoms with van der Waals surface area (Å²) < 4.78 is 2.18. The minimum atomic E-state index is 0.241. The molecular formula is C16H18N4S. The maximum absolute atomic E-state index is 5.66. The van der Waals surface area contributed by atoms with Crippen molar-refractivity contribution >= 4 is 17.2 Å². The van der Waals surface area contributed by atoms with Gasteiger partial charge in [0.15, 0.2) is 0 Å². The summed E-state index contributed by atoms with van der Waals surface area (Å²) in [4.78, 5) is 11.2. The van der Waals surface area contributed by atoms with Crippen LogP contribution >= 0.6 is 11.3 Å². The highest BCUT2D eigenvalue weighted by Gasteiger charge is 2.16. The third-order valence-electron chi connectivity index (χ3n) is 3.69. The molecule has 0 radical (unpaired) electrons. The lowest BCUT2D eigenvalue weighted by molar-refractivity contribution is 0.643. The Morgan fingerprint density at radius 1 is 1.24 bits per heavy atom. The van der Waals surface area contributed by atoms with Gasteiger partial charge in [0.25, 0.3) is 0 Å². The normalized spacial score (nSPS) is 12.5. The van der Waals surface area contributed by atoms with Crippen molar-refractivity contribution in [1.29, 1.82) is 0 Å². The number of nitrogen functional groups attached to an aromatic ring is 1. The lowest BCUT2D eigenvalue weighted by atomic mass is 10.1. The number of aromatic nitrogens is 3. The number of imidazole rings is 1. The van der Waals surface area contributed by atoms with Gasteiger partial charge in [-0.2, -0.15) is 0 Å². The summed E-state index contributed by atoms with van der Waals surface area (Å²) in [6, 6.07) is 6.30. The van der Waals surface area contributed by atoms with Crippen LogP contribution in [0.4, 0.5) is 5.82 Å². The summed E-state index contributed by atoms with van der Waals surface area (Å²) >= 11 is 1.84. The third kappa shape index (κ3) is 2.56. The molecule has 0 aliphatic rings. The first-order chi connectivity index (χ1) is 10.1. The minimum Gasteiger partial charge on any atom is -0.384 e. The quantitative estimate of drug-likeness (QED) is 0.800. The van der Waals surface area contributed by atoms with E-state index in [9.17, 15) is 0 Å². The first-order valence-electron chi connectivity index (χ1n) is 6.87. The molecule has 4 nitrogen and oxygen atoms in total. The zero-order valence-electron chi connectivity index (χ0n) is 12.4. The molecule has 3 rings (SSSR count). The summed E-state index contributed by atoms with van der Waals surface area (Å²) in [5.41, 5.74) is 9.09. The molecule has 0 spiro atoms. The van der Waals surface area contributed by atoms with E-state index < -0.39 is 0 Å². The van der Waals surface area contributed by atoms with Crippen molar-refractivity contribution in [3.63, 3.8) is 0 Å². The highest BCUT2D eigenvalue weighted by molar-refractivity contribution is 7.12. The van der Waals surface area contributed by atoms with Gasteiger partial charge < -0.3 is 10.3 Å². The Kier molecular flexibility index (Phi) is 3.51. The zero-order chi connectivity index (χ0) is 15.0. The van der Waals surface area contributed by atoms with E-state index in [1.54, 1.807) is 6.20 Å². The molecule has 0 fully saturated rings. The number of rotatable bonds is 3. The van der Waals surface area contributed by atoms with E-state index >= 15 is 0 Å². The van der Waals surface area contributed by atoms with Gasteiger partial charge in [-0.25, -0.2) is 9.97 Å². The van der Waals surface area contributed by atoms with Crippen molar-refractivity contribution in [3.8, 4) is 11.3 Å². The first kappa shape index (κ1) is 13.8. The summed E-state index contributed by atoms with van der Waals surface area (Å²) in [5, 5.41) is 0. The van der Waals surface area contributed by atoms with Crippen LogP contribution in [0.5, 0.6) is 0 Å². The Hall–Kier alpha value is -2.14. The molecule has 0 aliphatic carbocycles. The molecule has 1 atom stereocenters. The van der Waals surface area contributed by atoms with Gasteiger partial charge in [-0.1, -0.05) is 0 Å². The second-order valence-corrected chi connectivity index (χ2v) is 6.66. The Morgan fingerprint density at radius 3 is 2.67 bits per heavy atom. The fourth-order valence-corrected chi connectivity index (χ4v) is 3.62. The largest absolute Gasteiger partial charge is 0.384 e. The van der Waals surface area contributed by atoms with Crippen LogP contribution < -0.4 is 5.73 Å². The summed E-state index contributed by atoms with van der Waals surface area (Å²) in [6.07, 6.45) is 5.54. The molecule has 0 aliphatic heterocycles. The Morgan fingerprint density at radius 2 is 2.05 bits per heavy atom. The average Bonchev–Trinajstić information content (AvgIpc) is 3.05. The van der Waals surface area contributed by atoms with Crippen LogP contribution in [0.2, 0.25) is 0 Å². The number of aryl methyl sites for hydroxylation is 2. The van der Waals surface area contributed by atoms with Crippen molar-refractivity contribution in [2.24, 2.45) is 0 Å². The highest BCUT2D eigenvalue weighted by atomic mass is 32.1. The van der Waals surface area contributed by atoms with Crippen LogP contribution in [0.3, 0.4) is 0 Å². The minimum absolute atomic E-state index is 0.241. The second kappa shape index (κ2) is 5.33. The van der Waals surface area contributed by atoms with E-state index in [1.165, 1.54) is 15.3 Å². The molecule has 5 heteroatoms. The van der Waals surface area contributed by atoms with Crippen molar-refractivity contribution in [2.45, 2.75) is 26.8 Å². The van der Waals surface area contributed by atoms with Crippen molar-refractivity contribution in [1.82, 2.24) is 14.5 Å². The molecule has 0 bridgehead atoms. The Labute approximate surface area is 128 Å². The van der Waals surface area contributed by atoms with E-state index in [0.717, 1.165) is 11.3 Å². The van der Waals surface area contributed by atoms with E-state index in [2.05, 4.69) is 41.4 Å². The molecule has 0 amide bonds. The number of thiophene rings is 1. The van der Waals surface area contributed by atoms with Crippen LogP contribution in [0, 0.1) is 13.8 Å². The number of anilines is 1. The molecule has 3 heterocycles. The predicted molar refractivity (Wildman–Crippen MR) is 87.5 cm³/mol. The van der Waals surface area contributed by atoms with E-state index in [0.29, 0.717) is 5.82 Å². The Bertz CT molecular complexity index is 755. The van der Waals surface area contributed by atoms with Crippen LogP contribution in [0.25, 0.3) is 11.3 Å². The molecule has 0 aromatic carbocycles. The number of hydrogen-bond donors (Lipinski definition) is 1. The fourth-order valence-electron chi connectivity index (χ4n) is 2.61. The van der Waals surface area contributed by atoms with Crippen molar-refractivity contribution in [3.05, 3.63) is 52.2 Å². The zero-order valence-corrected chi connectivity index (χ0v) is 13.2. The monoisotopic (exact) mass is 298 g/mol. The van der Waals surface area contributed by atoms with Gasteiger partial charge in [0.05, 0.1) is 24.3 Å². The van der Waals surface area contributed by atoms with E-state index in [-0.39, 0.29) is 6.04 Å². The molecule has 1 unspecified atom stereocenters. The SMILES string of the molecule is Cc1cc(C(C)n2cncc2-c2ccc(N)nc2)c(C)s1. The molecule has 0 saturated carbocycles. The standard InChI is InChI=1S/C16H18N4S/c1-10-6-14(12(3)21-10)11(2)20-9-18-8-15(20)13-4-5-16(17)19-7-13/h4-9,11H,1-3H3,(H2,17,19). The number of pyridine rings is 1. The van der Waals surface area contributed by atoms with Gasteiger partial charge >= 0.3 is 0 Å². The topological polar surface area (TPSA) is 56.7 Å². The van der Waals surface area contributed by atoms with Crippen molar-refractivity contribution < 1.29 is 0 Å². The number of nitrogens with two attached hydrogens (primary N) is 1. The predicted octanol–water partition coefficient (Wildman–Crippen LogP) is 3.81. The van der Waals surface area contributed by atoms with Crippen LogP contribution in [0.1, 0.15) is 28.3 Å². The van der Waals surface area contributed by atoms with Gasteiger partial charge in [-0.05, 0) is 44.5 Å². The van der Waals surface area contributed by atoms with E-state index in [4.69, 9.17) is 5.73 Å². The van der Waals surface area contributed by atoms with Crippen molar-refractivity contribution in [2.75, 3.05) is 5.73 Å². The van der Waals surface area contributed by atoms with Gasteiger partial charge in [0.1, 0.15) is 5.82 Å². The summed E-state index contributed by atoms with van der Waals surface area (Å²) in [7, 11) is 0. The molecule has 108 valence electrons. The fraction of sp³-hybridized carbons (Fsp3) is 0.250. The van der Waals surface area contributed by atoms with Crippen LogP contribution in [-0.2, 0) is 0 Å². The summed E-state index contributed by atoms with van der Waals surface area (Å²) in [6.45, 7) is 6.52. The molecule has 0 saturated heterocycles. The molecule has 2 N–H and O–H groups in total. The van der Waals surface area contributed by atoms with Gasteiger partial charge in [-0.15, -0.1) is 11.3 Å². The molecular weight excluding hydrogens is 280 g/mol. The van der Waals surface area contributed by atoms with E-state index in [1.807, 2.05) is 36.0 Å². The maximum atomic E-state index is 5.66. The third-order valence-corrected chi connectivity index (χ3v) is 4.68. The molecule has 3 aromatic rings. The lowest BCUT2D eigenvalue weighted by Gasteiger charge is -2.17. The number of nitrogens with zero attached hydrogens (tertiary/aromatic N) is 3. The first-order valence-corrected chi connectivity index (χ1v) is 7.68. The second-order valence-electron chi connectivity index (χ2n) is 5.20. The maximum Gasteiger partial charge on any atom is 0.123 e. The van der Waals surface area contributed by atoms with Crippen LogP contribution in [0.15, 0.2) is 36.9 Å². The molecule has 21 heavy (non-hydrogen) atoms. The highest BCUT2D eigenvalue weighted by Crippen LogP contribution is 2.31. The lowest BCUT2D eigenvalue weighted by Crippen LogP contribution is -2.07. The number of hydrogen-bond acceptors (Lipinski definition) is 4. The van der Waals surface area contributed by atoms with Crippen LogP contribution in [-0.4, -0.2) is 14.5 Å². The van der Waals surface area contributed by atoms with Gasteiger partial charge in [0, 0.05) is 21.5 Å². The van der Waals surface area contributed by atoms with Gasteiger partial charge in [0.2, 0.25) is 0 Å².